The maximum absolute atomic E-state index is 11.3. The number of allylic oxidation sites excluding steroid dienone is 2. The lowest BCUT2D eigenvalue weighted by Crippen LogP contribution is -2.20. The van der Waals surface area contributed by atoms with Gasteiger partial charge in [-0.1, -0.05) is 6.07 Å². The molecule has 1 aliphatic carbocycles. The Kier molecular flexibility index (Phi) is 5.04. The Bertz CT molecular complexity index is 508. The summed E-state index contributed by atoms with van der Waals surface area (Å²) in [7, 11) is 3.27. The van der Waals surface area contributed by atoms with E-state index in [0.717, 1.165) is 43.0 Å². The van der Waals surface area contributed by atoms with Crippen LogP contribution in [0, 0.1) is 0 Å². The minimum absolute atomic E-state index is 0.227. The standard InChI is InChI=1S/C16H21NO3/c1-19-15-7-6-12(10-16(15)20-2)8-9-17-13-4-3-5-14(18)11-13/h6-7,10-11,17H,3-5,8-9H2,1-2H3. The highest BCUT2D eigenvalue weighted by atomic mass is 16.5. The fourth-order valence-electron chi connectivity index (χ4n) is 2.33. The van der Waals surface area contributed by atoms with Gasteiger partial charge in [0.25, 0.3) is 0 Å². The second-order valence-electron chi connectivity index (χ2n) is 4.86. The van der Waals surface area contributed by atoms with Gasteiger partial charge in [0, 0.05) is 24.7 Å². The maximum atomic E-state index is 11.3. The molecule has 0 bridgehead atoms. The van der Waals surface area contributed by atoms with Crippen LogP contribution >= 0.6 is 0 Å². The first kappa shape index (κ1) is 14.4. The molecule has 0 unspecified atom stereocenters. The van der Waals surface area contributed by atoms with Crippen LogP contribution in [0.4, 0.5) is 0 Å². The average molecular weight is 275 g/mol. The summed E-state index contributed by atoms with van der Waals surface area (Å²) in [6, 6.07) is 5.93. The number of methoxy groups -OCH3 is 2. The molecule has 1 N–H and O–H groups in total. The molecule has 108 valence electrons. The summed E-state index contributed by atoms with van der Waals surface area (Å²) in [5.74, 6) is 1.71. The number of benzene rings is 1. The van der Waals surface area contributed by atoms with Gasteiger partial charge in [-0.3, -0.25) is 4.79 Å². The van der Waals surface area contributed by atoms with Gasteiger partial charge >= 0.3 is 0 Å². The normalized spacial score (nSPS) is 14.7. The van der Waals surface area contributed by atoms with Crippen molar-refractivity contribution >= 4 is 5.78 Å². The Labute approximate surface area is 119 Å². The van der Waals surface area contributed by atoms with Crippen molar-refractivity contribution in [3.63, 3.8) is 0 Å². The molecule has 4 nitrogen and oxygen atoms in total. The van der Waals surface area contributed by atoms with Crippen LogP contribution in [0.5, 0.6) is 11.5 Å². The van der Waals surface area contributed by atoms with Gasteiger partial charge in [-0.05, 0) is 37.0 Å². The molecule has 0 radical (unpaired) electrons. The van der Waals surface area contributed by atoms with Gasteiger partial charge in [0.05, 0.1) is 14.2 Å². The van der Waals surface area contributed by atoms with Crippen LogP contribution in [0.3, 0.4) is 0 Å². The van der Waals surface area contributed by atoms with Crippen LogP contribution in [0.1, 0.15) is 24.8 Å². The molecule has 1 aromatic rings. The zero-order chi connectivity index (χ0) is 14.4. The fourth-order valence-corrected chi connectivity index (χ4v) is 2.33. The predicted molar refractivity (Wildman–Crippen MR) is 78.2 cm³/mol. The molecule has 0 aromatic heterocycles. The highest BCUT2D eigenvalue weighted by Gasteiger charge is 2.09. The summed E-state index contributed by atoms with van der Waals surface area (Å²) in [5, 5.41) is 3.33. The lowest BCUT2D eigenvalue weighted by molar-refractivity contribution is -0.115. The van der Waals surface area contributed by atoms with Crippen molar-refractivity contribution in [1.82, 2.24) is 5.32 Å². The fraction of sp³-hybridized carbons (Fsp3) is 0.438. The number of nitrogens with one attached hydrogen (secondary N) is 1. The molecule has 4 heteroatoms. The summed E-state index contributed by atoms with van der Waals surface area (Å²) < 4.78 is 10.5. The van der Waals surface area contributed by atoms with E-state index >= 15 is 0 Å². The zero-order valence-corrected chi connectivity index (χ0v) is 12.1. The van der Waals surface area contributed by atoms with Crippen LogP contribution in [0.15, 0.2) is 30.0 Å². The van der Waals surface area contributed by atoms with Gasteiger partial charge in [-0.2, -0.15) is 0 Å². The third-order valence-corrected chi connectivity index (χ3v) is 3.42. The third-order valence-electron chi connectivity index (χ3n) is 3.42. The summed E-state index contributed by atoms with van der Waals surface area (Å²) in [5.41, 5.74) is 2.24. The predicted octanol–water partition coefficient (Wildman–Crippen LogP) is 2.47. The van der Waals surface area contributed by atoms with Crippen molar-refractivity contribution in [1.29, 1.82) is 0 Å². The molecule has 0 saturated carbocycles. The molecule has 0 saturated heterocycles. The van der Waals surface area contributed by atoms with Crippen molar-refractivity contribution in [2.24, 2.45) is 0 Å². The molecule has 2 rings (SSSR count). The molecule has 0 fully saturated rings. The lowest BCUT2D eigenvalue weighted by Gasteiger charge is -2.15. The summed E-state index contributed by atoms with van der Waals surface area (Å²) in [6.45, 7) is 0.814. The number of carbonyl (C=O) groups is 1. The Morgan fingerprint density at radius 1 is 1.15 bits per heavy atom. The van der Waals surface area contributed by atoms with Crippen LogP contribution in [-0.4, -0.2) is 26.5 Å². The molecular formula is C16H21NO3. The average Bonchev–Trinajstić information content (AvgIpc) is 2.47. The SMILES string of the molecule is COc1ccc(CCNC2=CC(=O)CCC2)cc1OC. The number of ketones is 1. The van der Waals surface area contributed by atoms with E-state index in [1.807, 2.05) is 18.2 Å². The molecule has 20 heavy (non-hydrogen) atoms. The van der Waals surface area contributed by atoms with E-state index in [1.54, 1.807) is 20.3 Å². The lowest BCUT2D eigenvalue weighted by atomic mass is 10.0. The number of hydrogen-bond donors (Lipinski definition) is 1. The quantitative estimate of drug-likeness (QED) is 0.866. The van der Waals surface area contributed by atoms with Crippen molar-refractivity contribution < 1.29 is 14.3 Å². The second-order valence-corrected chi connectivity index (χ2v) is 4.86. The number of carbonyl (C=O) groups excluding carboxylic acids is 1. The molecule has 0 aliphatic heterocycles. The first-order valence-electron chi connectivity index (χ1n) is 6.91. The monoisotopic (exact) mass is 275 g/mol. The van der Waals surface area contributed by atoms with Crippen molar-refractivity contribution in [2.75, 3.05) is 20.8 Å². The molecule has 0 spiro atoms. The Hall–Kier alpha value is -1.97. The maximum Gasteiger partial charge on any atom is 0.160 e. The molecular weight excluding hydrogens is 254 g/mol. The molecule has 1 aliphatic rings. The minimum Gasteiger partial charge on any atom is -0.493 e. The number of rotatable bonds is 6. The highest BCUT2D eigenvalue weighted by molar-refractivity contribution is 5.91. The van der Waals surface area contributed by atoms with E-state index in [9.17, 15) is 4.79 Å². The molecule has 0 heterocycles. The summed E-state index contributed by atoms with van der Waals surface area (Å²) >= 11 is 0. The van der Waals surface area contributed by atoms with Gasteiger partial charge in [-0.25, -0.2) is 0 Å². The van der Waals surface area contributed by atoms with Crippen LogP contribution in [0.25, 0.3) is 0 Å². The third kappa shape index (κ3) is 3.76. The van der Waals surface area contributed by atoms with Crippen LogP contribution in [-0.2, 0) is 11.2 Å². The Balaban J connectivity index is 1.89. The topological polar surface area (TPSA) is 47.6 Å². The van der Waals surface area contributed by atoms with E-state index in [0.29, 0.717) is 6.42 Å². The smallest absolute Gasteiger partial charge is 0.160 e. The van der Waals surface area contributed by atoms with E-state index in [-0.39, 0.29) is 5.78 Å². The van der Waals surface area contributed by atoms with Gasteiger partial charge in [0.2, 0.25) is 0 Å². The zero-order valence-electron chi connectivity index (χ0n) is 12.1. The van der Waals surface area contributed by atoms with E-state index in [2.05, 4.69) is 5.32 Å². The summed E-state index contributed by atoms with van der Waals surface area (Å²) in [6.07, 6.45) is 5.22. The number of hydrogen-bond acceptors (Lipinski definition) is 4. The van der Waals surface area contributed by atoms with E-state index in [1.165, 1.54) is 5.56 Å². The Morgan fingerprint density at radius 3 is 2.65 bits per heavy atom. The van der Waals surface area contributed by atoms with Gasteiger partial charge in [-0.15, -0.1) is 0 Å². The van der Waals surface area contributed by atoms with Crippen molar-refractivity contribution in [3.05, 3.63) is 35.5 Å². The molecule has 0 atom stereocenters. The van der Waals surface area contributed by atoms with Crippen LogP contribution in [0.2, 0.25) is 0 Å². The first-order chi connectivity index (χ1) is 9.72. The highest BCUT2D eigenvalue weighted by Crippen LogP contribution is 2.27. The second kappa shape index (κ2) is 6.98. The van der Waals surface area contributed by atoms with Gasteiger partial charge in [0.15, 0.2) is 17.3 Å². The van der Waals surface area contributed by atoms with Crippen molar-refractivity contribution in [2.45, 2.75) is 25.7 Å². The Morgan fingerprint density at radius 2 is 1.95 bits per heavy atom. The largest absolute Gasteiger partial charge is 0.493 e. The molecule has 1 aromatic carbocycles. The number of ether oxygens (including phenoxy) is 2. The van der Waals surface area contributed by atoms with Crippen molar-refractivity contribution in [3.8, 4) is 11.5 Å². The van der Waals surface area contributed by atoms with E-state index < -0.39 is 0 Å². The first-order valence-corrected chi connectivity index (χ1v) is 6.91. The van der Waals surface area contributed by atoms with Gasteiger partial charge in [0.1, 0.15) is 0 Å². The van der Waals surface area contributed by atoms with Gasteiger partial charge < -0.3 is 14.8 Å². The van der Waals surface area contributed by atoms with Crippen LogP contribution < -0.4 is 14.8 Å². The minimum atomic E-state index is 0.227. The molecule has 0 amide bonds. The summed E-state index contributed by atoms with van der Waals surface area (Å²) in [4.78, 5) is 11.3. The van der Waals surface area contributed by atoms with E-state index in [4.69, 9.17) is 9.47 Å².